The standard InChI is InChI=1S/C17H20ClN3O4/c1-20-7-8-21(10-13(20)6-9-22)16-14(17(23)24)15(25-19-16)11-2-4-12(18)5-3-11/h2-5,13,22H,6-10H2,1H3,(H,23,24). The van der Waals surface area contributed by atoms with E-state index in [1.54, 1.807) is 24.3 Å². The van der Waals surface area contributed by atoms with Gasteiger partial charge in [-0.25, -0.2) is 4.79 Å². The van der Waals surface area contributed by atoms with Crippen LogP contribution in [0.4, 0.5) is 5.82 Å². The first-order valence-electron chi connectivity index (χ1n) is 8.06. The number of halogens is 1. The minimum absolute atomic E-state index is 0.0506. The molecule has 1 saturated heterocycles. The van der Waals surface area contributed by atoms with E-state index >= 15 is 0 Å². The number of benzene rings is 1. The molecule has 0 saturated carbocycles. The van der Waals surface area contributed by atoms with Crippen molar-refractivity contribution in [1.29, 1.82) is 0 Å². The SMILES string of the molecule is CN1CCN(c2noc(-c3ccc(Cl)cc3)c2C(=O)O)CC1CCO. The van der Waals surface area contributed by atoms with Crippen molar-refractivity contribution < 1.29 is 19.5 Å². The van der Waals surface area contributed by atoms with Crippen molar-refractivity contribution in [2.45, 2.75) is 12.5 Å². The number of piperazine rings is 1. The van der Waals surface area contributed by atoms with Crippen LogP contribution in [0.25, 0.3) is 11.3 Å². The second kappa shape index (κ2) is 7.43. The van der Waals surface area contributed by atoms with Gasteiger partial charge in [0.1, 0.15) is 0 Å². The van der Waals surface area contributed by atoms with Crippen LogP contribution in [0.3, 0.4) is 0 Å². The van der Waals surface area contributed by atoms with Gasteiger partial charge in [-0.2, -0.15) is 0 Å². The van der Waals surface area contributed by atoms with Crippen LogP contribution >= 0.6 is 11.6 Å². The highest BCUT2D eigenvalue weighted by Crippen LogP contribution is 2.33. The number of carboxylic acids is 1. The summed E-state index contributed by atoms with van der Waals surface area (Å²) in [6, 6.07) is 6.90. The number of aromatic nitrogens is 1. The van der Waals surface area contributed by atoms with Gasteiger partial charge in [-0.3, -0.25) is 4.90 Å². The molecular formula is C17H20ClN3O4. The van der Waals surface area contributed by atoms with Crippen molar-refractivity contribution in [3.05, 3.63) is 34.9 Å². The number of rotatable bonds is 5. The Bertz CT molecular complexity index is 747. The molecule has 8 heteroatoms. The van der Waals surface area contributed by atoms with Crippen molar-refractivity contribution in [3.63, 3.8) is 0 Å². The molecule has 2 heterocycles. The van der Waals surface area contributed by atoms with Crippen LogP contribution in [0.2, 0.25) is 5.02 Å². The van der Waals surface area contributed by atoms with E-state index in [0.29, 0.717) is 35.9 Å². The maximum absolute atomic E-state index is 11.9. The fraction of sp³-hybridized carbons (Fsp3) is 0.412. The summed E-state index contributed by atoms with van der Waals surface area (Å²) >= 11 is 5.89. The molecule has 25 heavy (non-hydrogen) atoms. The Morgan fingerprint density at radius 3 is 2.72 bits per heavy atom. The van der Waals surface area contributed by atoms with Crippen LogP contribution in [0.1, 0.15) is 16.8 Å². The summed E-state index contributed by atoms with van der Waals surface area (Å²) in [6.45, 7) is 2.07. The number of carboxylic acid groups (broad SMARTS) is 1. The van der Waals surface area contributed by atoms with E-state index in [2.05, 4.69) is 10.1 Å². The third kappa shape index (κ3) is 3.63. The van der Waals surface area contributed by atoms with Crippen LogP contribution in [0, 0.1) is 0 Å². The van der Waals surface area contributed by atoms with Crippen molar-refractivity contribution in [2.24, 2.45) is 0 Å². The molecule has 1 unspecified atom stereocenters. The van der Waals surface area contributed by atoms with E-state index in [0.717, 1.165) is 6.54 Å². The van der Waals surface area contributed by atoms with E-state index < -0.39 is 5.97 Å². The summed E-state index contributed by atoms with van der Waals surface area (Å²) < 4.78 is 5.38. The fourth-order valence-corrected chi connectivity index (χ4v) is 3.21. The zero-order chi connectivity index (χ0) is 18.0. The molecular weight excluding hydrogens is 346 g/mol. The van der Waals surface area contributed by atoms with Gasteiger partial charge in [0.15, 0.2) is 17.1 Å². The molecule has 0 bridgehead atoms. The monoisotopic (exact) mass is 365 g/mol. The molecule has 1 fully saturated rings. The molecule has 7 nitrogen and oxygen atoms in total. The Morgan fingerprint density at radius 1 is 1.36 bits per heavy atom. The third-order valence-electron chi connectivity index (χ3n) is 4.53. The quantitative estimate of drug-likeness (QED) is 0.839. The Balaban J connectivity index is 1.94. The normalized spacial score (nSPS) is 18.5. The Kier molecular flexibility index (Phi) is 5.27. The molecule has 2 aromatic rings. The van der Waals surface area contributed by atoms with Gasteiger partial charge in [0.25, 0.3) is 0 Å². The molecule has 1 aromatic heterocycles. The first-order valence-corrected chi connectivity index (χ1v) is 8.44. The van der Waals surface area contributed by atoms with E-state index in [9.17, 15) is 15.0 Å². The number of hydrogen-bond acceptors (Lipinski definition) is 6. The zero-order valence-electron chi connectivity index (χ0n) is 13.9. The summed E-state index contributed by atoms with van der Waals surface area (Å²) in [6.07, 6.45) is 0.622. The van der Waals surface area contributed by atoms with Crippen molar-refractivity contribution in [2.75, 3.05) is 38.2 Å². The predicted octanol–water partition coefficient (Wildman–Crippen LogP) is 2.20. The number of carbonyl (C=O) groups is 1. The minimum Gasteiger partial charge on any atom is -0.477 e. The lowest BCUT2D eigenvalue weighted by Gasteiger charge is -2.39. The topological polar surface area (TPSA) is 90.0 Å². The molecule has 1 aliphatic heterocycles. The molecule has 1 aromatic carbocycles. The Morgan fingerprint density at radius 2 is 2.08 bits per heavy atom. The average molecular weight is 366 g/mol. The Labute approximate surface area is 150 Å². The summed E-state index contributed by atoms with van der Waals surface area (Å²) in [7, 11) is 2.00. The van der Waals surface area contributed by atoms with E-state index in [4.69, 9.17) is 16.1 Å². The molecule has 1 atom stereocenters. The number of likely N-dealkylation sites (N-methyl/N-ethyl adjacent to an activating group) is 1. The second-order valence-corrected chi connectivity index (χ2v) is 6.55. The number of aromatic carboxylic acids is 1. The average Bonchev–Trinajstić information content (AvgIpc) is 3.03. The maximum Gasteiger partial charge on any atom is 0.343 e. The van der Waals surface area contributed by atoms with Crippen molar-refractivity contribution in [1.82, 2.24) is 10.1 Å². The van der Waals surface area contributed by atoms with Gasteiger partial charge in [0, 0.05) is 42.9 Å². The van der Waals surface area contributed by atoms with Crippen molar-refractivity contribution in [3.8, 4) is 11.3 Å². The van der Waals surface area contributed by atoms with E-state index in [-0.39, 0.29) is 24.0 Å². The number of aliphatic hydroxyl groups excluding tert-OH is 1. The lowest BCUT2D eigenvalue weighted by Crippen LogP contribution is -2.52. The predicted molar refractivity (Wildman–Crippen MR) is 94.2 cm³/mol. The molecule has 0 spiro atoms. The van der Waals surface area contributed by atoms with E-state index in [1.165, 1.54) is 0 Å². The molecule has 2 N–H and O–H groups in total. The molecule has 3 rings (SSSR count). The molecule has 0 radical (unpaired) electrons. The third-order valence-corrected chi connectivity index (χ3v) is 4.79. The van der Waals surface area contributed by atoms with Gasteiger partial charge in [-0.05, 0) is 37.7 Å². The van der Waals surface area contributed by atoms with Crippen molar-refractivity contribution >= 4 is 23.4 Å². The number of nitrogens with zero attached hydrogens (tertiary/aromatic N) is 3. The summed E-state index contributed by atoms with van der Waals surface area (Å²) in [5.41, 5.74) is 0.663. The van der Waals surface area contributed by atoms with Crippen LogP contribution in [0.5, 0.6) is 0 Å². The van der Waals surface area contributed by atoms with E-state index in [1.807, 2.05) is 11.9 Å². The summed E-state index contributed by atoms with van der Waals surface area (Å²) in [4.78, 5) is 15.9. The highest BCUT2D eigenvalue weighted by molar-refractivity contribution is 6.30. The molecule has 134 valence electrons. The van der Waals surface area contributed by atoms with Crippen LogP contribution < -0.4 is 4.90 Å². The fourth-order valence-electron chi connectivity index (χ4n) is 3.09. The van der Waals surface area contributed by atoms with Gasteiger partial charge in [0.2, 0.25) is 0 Å². The minimum atomic E-state index is -1.08. The molecule has 1 aliphatic rings. The first kappa shape index (κ1) is 17.7. The lowest BCUT2D eigenvalue weighted by atomic mass is 10.1. The van der Waals surface area contributed by atoms with Crippen LogP contribution in [-0.4, -0.2) is 65.6 Å². The second-order valence-electron chi connectivity index (χ2n) is 6.12. The number of anilines is 1. The summed E-state index contributed by atoms with van der Waals surface area (Å²) in [5.74, 6) is -0.538. The van der Waals surface area contributed by atoms with Crippen LogP contribution in [0.15, 0.2) is 28.8 Å². The van der Waals surface area contributed by atoms with Gasteiger partial charge >= 0.3 is 5.97 Å². The zero-order valence-corrected chi connectivity index (χ0v) is 14.6. The highest BCUT2D eigenvalue weighted by Gasteiger charge is 2.31. The lowest BCUT2D eigenvalue weighted by molar-refractivity contribution is 0.0697. The smallest absolute Gasteiger partial charge is 0.343 e. The molecule has 0 aliphatic carbocycles. The van der Waals surface area contributed by atoms with Gasteiger partial charge in [-0.15, -0.1) is 0 Å². The van der Waals surface area contributed by atoms with Crippen LogP contribution in [-0.2, 0) is 0 Å². The number of hydrogen-bond donors (Lipinski definition) is 2. The van der Waals surface area contributed by atoms with Gasteiger partial charge in [0.05, 0.1) is 0 Å². The van der Waals surface area contributed by atoms with Gasteiger partial charge < -0.3 is 19.6 Å². The first-order chi connectivity index (χ1) is 12.0. The van der Waals surface area contributed by atoms with Gasteiger partial charge in [-0.1, -0.05) is 16.8 Å². The largest absolute Gasteiger partial charge is 0.477 e. The number of aliphatic hydroxyl groups is 1. The highest BCUT2D eigenvalue weighted by atomic mass is 35.5. The maximum atomic E-state index is 11.9. The Hall–Kier alpha value is -2.09. The molecule has 0 amide bonds. The summed E-state index contributed by atoms with van der Waals surface area (Å²) in [5, 5.41) is 23.5.